The molecule has 0 saturated carbocycles. The molecule has 0 fully saturated rings. The number of nitrogens with one attached hydrogen (secondary N) is 1. The van der Waals surface area contributed by atoms with Gasteiger partial charge >= 0.3 is 0 Å². The molecular weight excluding hydrogens is 336 g/mol. The second-order valence-electron chi connectivity index (χ2n) is 5.22. The summed E-state index contributed by atoms with van der Waals surface area (Å²) in [5.41, 5.74) is 0.906. The molecule has 5 heteroatoms. The van der Waals surface area contributed by atoms with E-state index in [0.29, 0.717) is 26.1 Å². The number of hydrogen-bond donors (Lipinski definition) is 1. The largest absolute Gasteiger partial charge is 0.315 e. The molecule has 1 aromatic carbocycles. The molecule has 1 rings (SSSR count). The van der Waals surface area contributed by atoms with Crippen LogP contribution in [0.2, 0.25) is 20.1 Å². The van der Waals surface area contributed by atoms with E-state index < -0.39 is 0 Å². The lowest BCUT2D eigenvalue weighted by Gasteiger charge is -2.10. The van der Waals surface area contributed by atoms with Gasteiger partial charge in [-0.25, -0.2) is 0 Å². The quantitative estimate of drug-likeness (QED) is 0.322. The van der Waals surface area contributed by atoms with Crippen molar-refractivity contribution in [1.82, 2.24) is 5.32 Å². The van der Waals surface area contributed by atoms with Crippen LogP contribution in [-0.4, -0.2) is 12.6 Å². The third kappa shape index (κ3) is 5.99. The minimum Gasteiger partial charge on any atom is -0.315 e. The summed E-state index contributed by atoms with van der Waals surface area (Å²) in [6.45, 7) is 5.40. The summed E-state index contributed by atoms with van der Waals surface area (Å²) in [6.07, 6.45) is 5.45. The summed E-state index contributed by atoms with van der Waals surface area (Å²) in [5.74, 6) is 0. The normalized spacial score (nSPS) is 11.3. The molecule has 0 bridgehead atoms. The van der Waals surface area contributed by atoms with E-state index in [1.54, 1.807) is 6.07 Å². The van der Waals surface area contributed by atoms with E-state index in [2.05, 4.69) is 19.2 Å². The van der Waals surface area contributed by atoms with Crippen molar-refractivity contribution in [3.8, 4) is 0 Å². The Morgan fingerprint density at radius 3 is 2.20 bits per heavy atom. The molecule has 0 spiro atoms. The van der Waals surface area contributed by atoms with Crippen LogP contribution in [0.1, 0.15) is 45.1 Å². The first kappa shape index (κ1) is 18.4. The molecule has 0 aromatic heterocycles. The highest BCUT2D eigenvalue weighted by atomic mass is 35.5. The van der Waals surface area contributed by atoms with Crippen LogP contribution in [-0.2, 0) is 6.42 Å². The van der Waals surface area contributed by atoms with Crippen LogP contribution >= 0.6 is 46.4 Å². The van der Waals surface area contributed by atoms with Gasteiger partial charge in [-0.15, -0.1) is 0 Å². The fourth-order valence-corrected chi connectivity index (χ4v) is 3.13. The smallest absolute Gasteiger partial charge is 0.0782 e. The maximum atomic E-state index is 6.19. The van der Waals surface area contributed by atoms with Gasteiger partial charge in [-0.1, -0.05) is 73.1 Å². The second-order valence-corrected chi connectivity index (χ2v) is 6.79. The van der Waals surface area contributed by atoms with Gasteiger partial charge in [0.2, 0.25) is 0 Å². The molecular formula is C15H21Cl4N. The molecule has 1 N–H and O–H groups in total. The Labute approximate surface area is 141 Å². The van der Waals surface area contributed by atoms with Crippen molar-refractivity contribution in [3.63, 3.8) is 0 Å². The Balaban J connectivity index is 2.34. The summed E-state index contributed by atoms with van der Waals surface area (Å²) in [5, 5.41) is 5.31. The fourth-order valence-electron chi connectivity index (χ4n) is 2.00. The van der Waals surface area contributed by atoms with E-state index >= 15 is 0 Å². The predicted molar refractivity (Wildman–Crippen MR) is 91.8 cm³/mol. The first-order valence-electron chi connectivity index (χ1n) is 6.98. The van der Waals surface area contributed by atoms with Crippen molar-refractivity contribution < 1.29 is 0 Å². The molecule has 1 aromatic rings. The monoisotopic (exact) mass is 355 g/mol. The van der Waals surface area contributed by atoms with Gasteiger partial charge in [0.1, 0.15) is 0 Å². The molecule has 0 aliphatic heterocycles. The fraction of sp³-hybridized carbons (Fsp3) is 0.600. The van der Waals surface area contributed by atoms with Crippen molar-refractivity contribution in [2.24, 2.45) is 0 Å². The van der Waals surface area contributed by atoms with Crippen LogP contribution in [0.5, 0.6) is 0 Å². The maximum Gasteiger partial charge on any atom is 0.0782 e. The van der Waals surface area contributed by atoms with Crippen LogP contribution in [0.3, 0.4) is 0 Å². The molecule has 0 heterocycles. The van der Waals surface area contributed by atoms with Crippen molar-refractivity contribution in [2.45, 2.75) is 52.0 Å². The van der Waals surface area contributed by atoms with Gasteiger partial charge in [-0.3, -0.25) is 0 Å². The highest BCUT2D eigenvalue weighted by molar-refractivity contribution is 6.49. The molecule has 0 unspecified atom stereocenters. The van der Waals surface area contributed by atoms with Gasteiger partial charge in [0.15, 0.2) is 0 Å². The third-order valence-electron chi connectivity index (χ3n) is 3.12. The molecule has 0 radical (unpaired) electrons. The molecule has 0 aliphatic rings. The molecule has 0 aliphatic carbocycles. The van der Waals surface area contributed by atoms with Crippen LogP contribution in [0.25, 0.3) is 0 Å². The van der Waals surface area contributed by atoms with Crippen molar-refractivity contribution in [1.29, 1.82) is 0 Å². The number of hydrogen-bond acceptors (Lipinski definition) is 1. The van der Waals surface area contributed by atoms with Crippen molar-refractivity contribution in [3.05, 3.63) is 31.7 Å². The Hall–Kier alpha value is 0.340. The lowest BCUT2D eigenvalue weighted by Crippen LogP contribution is -2.23. The Kier molecular flexibility index (Phi) is 8.62. The topological polar surface area (TPSA) is 12.0 Å². The van der Waals surface area contributed by atoms with Gasteiger partial charge < -0.3 is 5.32 Å². The first-order valence-corrected chi connectivity index (χ1v) is 8.50. The Bertz CT molecular complexity index is 432. The summed E-state index contributed by atoms with van der Waals surface area (Å²) < 4.78 is 0. The SMILES string of the molecule is CC(C)NCCCCCCc1c(Cl)cc(Cl)c(Cl)c1Cl. The van der Waals surface area contributed by atoms with Gasteiger partial charge in [0, 0.05) is 11.1 Å². The lowest BCUT2D eigenvalue weighted by atomic mass is 10.1. The van der Waals surface area contributed by atoms with Gasteiger partial charge in [0.05, 0.1) is 15.1 Å². The minimum absolute atomic E-state index is 0.397. The maximum absolute atomic E-state index is 6.19. The Morgan fingerprint density at radius 2 is 1.55 bits per heavy atom. The number of rotatable bonds is 8. The average molecular weight is 357 g/mol. The summed E-state index contributed by atoms with van der Waals surface area (Å²) in [6, 6.07) is 2.22. The standard InChI is InChI=1S/C15H21Cl4N/c1-10(2)20-8-6-4-3-5-7-11-12(16)9-13(17)15(19)14(11)18/h9-10,20H,3-8H2,1-2H3. The molecule has 1 nitrogen and oxygen atoms in total. The average Bonchev–Trinajstić information content (AvgIpc) is 2.38. The van der Waals surface area contributed by atoms with Crippen LogP contribution < -0.4 is 5.32 Å². The van der Waals surface area contributed by atoms with E-state index in [1.165, 1.54) is 12.8 Å². The highest BCUT2D eigenvalue weighted by Crippen LogP contribution is 2.38. The van der Waals surface area contributed by atoms with E-state index in [1.807, 2.05) is 0 Å². The highest BCUT2D eigenvalue weighted by Gasteiger charge is 2.13. The molecule has 20 heavy (non-hydrogen) atoms. The van der Waals surface area contributed by atoms with E-state index in [-0.39, 0.29) is 0 Å². The van der Waals surface area contributed by atoms with Crippen molar-refractivity contribution >= 4 is 46.4 Å². The van der Waals surface area contributed by atoms with Crippen LogP contribution in [0.15, 0.2) is 6.07 Å². The third-order valence-corrected chi connectivity index (χ3v) is 4.75. The van der Waals surface area contributed by atoms with Crippen LogP contribution in [0.4, 0.5) is 0 Å². The van der Waals surface area contributed by atoms with E-state index in [9.17, 15) is 0 Å². The van der Waals surface area contributed by atoms with Crippen molar-refractivity contribution in [2.75, 3.05) is 6.54 Å². The zero-order valence-electron chi connectivity index (χ0n) is 11.9. The predicted octanol–water partition coefficient (Wildman–Crippen LogP) is 6.40. The first-order chi connectivity index (χ1) is 9.43. The lowest BCUT2D eigenvalue weighted by molar-refractivity contribution is 0.542. The van der Waals surface area contributed by atoms with E-state index in [0.717, 1.165) is 31.4 Å². The van der Waals surface area contributed by atoms with Gasteiger partial charge in [0.25, 0.3) is 0 Å². The van der Waals surface area contributed by atoms with E-state index in [4.69, 9.17) is 46.4 Å². The minimum atomic E-state index is 0.397. The van der Waals surface area contributed by atoms with Crippen LogP contribution in [0, 0.1) is 0 Å². The van der Waals surface area contributed by atoms with Gasteiger partial charge in [-0.05, 0) is 37.4 Å². The zero-order chi connectivity index (χ0) is 15.1. The summed E-state index contributed by atoms with van der Waals surface area (Å²) in [7, 11) is 0. The number of unbranched alkanes of at least 4 members (excludes halogenated alkanes) is 3. The van der Waals surface area contributed by atoms with Gasteiger partial charge in [-0.2, -0.15) is 0 Å². The molecule has 0 saturated heterocycles. The number of benzene rings is 1. The zero-order valence-corrected chi connectivity index (χ0v) is 14.9. The molecule has 114 valence electrons. The molecule has 0 atom stereocenters. The summed E-state index contributed by atoms with van der Waals surface area (Å²) in [4.78, 5) is 0. The second kappa shape index (κ2) is 9.38. The number of halogens is 4. The Morgan fingerprint density at radius 1 is 0.900 bits per heavy atom. The molecule has 0 amide bonds. The summed E-state index contributed by atoms with van der Waals surface area (Å²) >= 11 is 24.3.